The van der Waals surface area contributed by atoms with Gasteiger partial charge in [0.1, 0.15) is 5.82 Å². The number of aryl methyl sites for hydroxylation is 1. The summed E-state index contributed by atoms with van der Waals surface area (Å²) in [7, 11) is 0. The van der Waals surface area contributed by atoms with E-state index in [2.05, 4.69) is 47.7 Å². The number of hydrogen-bond acceptors (Lipinski definition) is 4. The molecule has 3 aliphatic rings. The van der Waals surface area contributed by atoms with Crippen molar-refractivity contribution < 1.29 is 4.74 Å². The van der Waals surface area contributed by atoms with Crippen LogP contribution in [0.4, 0.5) is 5.82 Å². The van der Waals surface area contributed by atoms with Gasteiger partial charge in [-0.1, -0.05) is 29.8 Å². The Balaban J connectivity index is 1.32. The fourth-order valence-corrected chi connectivity index (χ4v) is 5.19. The molecule has 0 saturated carbocycles. The van der Waals surface area contributed by atoms with Crippen LogP contribution < -0.4 is 5.32 Å². The van der Waals surface area contributed by atoms with E-state index in [-0.39, 0.29) is 0 Å². The SMILES string of the molecule is Cc1cnn2c(NC3CCC4=C(C3)c3ccccc3C4)cc(C3CCOC3)nc12. The monoisotopic (exact) mass is 386 g/mol. The van der Waals surface area contributed by atoms with Gasteiger partial charge >= 0.3 is 0 Å². The first-order valence-electron chi connectivity index (χ1n) is 10.7. The third-order valence-corrected chi connectivity index (χ3v) is 6.79. The summed E-state index contributed by atoms with van der Waals surface area (Å²) in [5.41, 5.74) is 9.37. The van der Waals surface area contributed by atoms with Crippen molar-refractivity contribution in [3.05, 3.63) is 64.5 Å². The second kappa shape index (κ2) is 6.70. The molecular formula is C24H26N4O. The van der Waals surface area contributed by atoms with Gasteiger partial charge in [-0.25, -0.2) is 4.98 Å². The fraction of sp³-hybridized carbons (Fsp3) is 0.417. The highest BCUT2D eigenvalue weighted by molar-refractivity contribution is 5.77. The van der Waals surface area contributed by atoms with E-state index in [4.69, 9.17) is 9.72 Å². The van der Waals surface area contributed by atoms with Crippen molar-refractivity contribution in [1.29, 1.82) is 0 Å². The Labute approximate surface area is 170 Å². The number of hydrogen-bond donors (Lipinski definition) is 1. The van der Waals surface area contributed by atoms with Gasteiger partial charge in [0.2, 0.25) is 0 Å². The largest absolute Gasteiger partial charge is 0.381 e. The molecule has 5 nitrogen and oxygen atoms in total. The van der Waals surface area contributed by atoms with Gasteiger partial charge in [-0.3, -0.25) is 0 Å². The van der Waals surface area contributed by atoms with Crippen LogP contribution in [0.25, 0.3) is 11.2 Å². The smallest absolute Gasteiger partial charge is 0.160 e. The van der Waals surface area contributed by atoms with E-state index in [1.54, 1.807) is 11.1 Å². The summed E-state index contributed by atoms with van der Waals surface area (Å²) < 4.78 is 7.59. The Morgan fingerprint density at radius 2 is 2.14 bits per heavy atom. The summed E-state index contributed by atoms with van der Waals surface area (Å²) in [4.78, 5) is 4.92. The van der Waals surface area contributed by atoms with Crippen LogP contribution in [0.15, 0.2) is 42.1 Å². The minimum absolute atomic E-state index is 0.386. The van der Waals surface area contributed by atoms with Gasteiger partial charge in [-0.15, -0.1) is 0 Å². The predicted octanol–water partition coefficient (Wildman–Crippen LogP) is 4.52. The maximum absolute atomic E-state index is 5.62. The van der Waals surface area contributed by atoms with Gasteiger partial charge in [0, 0.05) is 30.2 Å². The summed E-state index contributed by atoms with van der Waals surface area (Å²) in [6.07, 6.45) is 7.53. The highest BCUT2D eigenvalue weighted by Gasteiger charge is 2.29. The first-order chi connectivity index (χ1) is 14.3. The molecule has 6 rings (SSSR count). The lowest BCUT2D eigenvalue weighted by atomic mass is 9.88. The minimum Gasteiger partial charge on any atom is -0.381 e. The molecule has 2 unspecified atom stereocenters. The average Bonchev–Trinajstić information content (AvgIpc) is 3.47. The zero-order valence-electron chi connectivity index (χ0n) is 16.8. The summed E-state index contributed by atoms with van der Waals surface area (Å²) >= 11 is 0. The molecule has 3 heterocycles. The molecule has 1 saturated heterocycles. The van der Waals surface area contributed by atoms with E-state index in [1.807, 2.05) is 10.7 Å². The number of benzene rings is 1. The van der Waals surface area contributed by atoms with Crippen LogP contribution in [0.1, 0.15) is 54.0 Å². The summed E-state index contributed by atoms with van der Waals surface area (Å²) in [5, 5.41) is 8.43. The molecule has 2 aliphatic carbocycles. The lowest BCUT2D eigenvalue weighted by Gasteiger charge is -2.27. The molecular weight excluding hydrogens is 360 g/mol. The van der Waals surface area contributed by atoms with Gasteiger partial charge in [0.05, 0.1) is 18.5 Å². The van der Waals surface area contributed by atoms with Crippen LogP contribution in [-0.4, -0.2) is 33.9 Å². The van der Waals surface area contributed by atoms with Gasteiger partial charge in [0.25, 0.3) is 0 Å². The molecule has 1 fully saturated rings. The number of fused-ring (bicyclic) bond motifs is 3. The number of nitrogens with zero attached hydrogens (tertiary/aromatic N) is 3. The second-order valence-corrected chi connectivity index (χ2v) is 8.69. The molecule has 2 aromatic heterocycles. The first-order valence-corrected chi connectivity index (χ1v) is 10.7. The molecule has 1 aromatic carbocycles. The van der Waals surface area contributed by atoms with E-state index in [9.17, 15) is 0 Å². The number of anilines is 1. The highest BCUT2D eigenvalue weighted by Crippen LogP contribution is 2.42. The Morgan fingerprint density at radius 1 is 1.21 bits per heavy atom. The normalized spacial score (nSPS) is 23.5. The zero-order valence-corrected chi connectivity index (χ0v) is 16.8. The molecule has 2 atom stereocenters. The Kier molecular flexibility index (Phi) is 3.98. The van der Waals surface area contributed by atoms with Crippen molar-refractivity contribution >= 4 is 17.0 Å². The minimum atomic E-state index is 0.386. The first kappa shape index (κ1) is 17.2. The van der Waals surface area contributed by atoms with Crippen LogP contribution in [-0.2, 0) is 11.2 Å². The summed E-state index contributed by atoms with van der Waals surface area (Å²) in [5.74, 6) is 1.45. The Hall–Kier alpha value is -2.66. The van der Waals surface area contributed by atoms with E-state index < -0.39 is 0 Å². The molecule has 0 bridgehead atoms. The summed E-state index contributed by atoms with van der Waals surface area (Å²) in [6, 6.07) is 11.5. The van der Waals surface area contributed by atoms with Crippen molar-refractivity contribution in [3.8, 4) is 0 Å². The van der Waals surface area contributed by atoms with Gasteiger partial charge in [-0.2, -0.15) is 9.61 Å². The standard InChI is InChI=1S/C24H26N4O/c1-15-13-25-28-23(12-22(27-24(15)28)18-8-9-29-14-18)26-19-7-6-17-10-16-4-2-3-5-20(16)21(17)11-19/h2-5,12-13,18-19,26H,6-11,14H2,1H3. The Bertz CT molecular complexity index is 1120. The number of nitrogens with one attached hydrogen (secondary N) is 1. The van der Waals surface area contributed by atoms with Gasteiger partial charge in [-0.05, 0) is 55.7 Å². The average molecular weight is 386 g/mol. The number of allylic oxidation sites excluding steroid dienone is 1. The van der Waals surface area contributed by atoms with Crippen LogP contribution in [0.2, 0.25) is 0 Å². The number of aromatic nitrogens is 3. The van der Waals surface area contributed by atoms with Gasteiger partial charge in [0.15, 0.2) is 5.65 Å². The van der Waals surface area contributed by atoms with Crippen molar-refractivity contribution in [2.24, 2.45) is 0 Å². The topological polar surface area (TPSA) is 51.5 Å². The fourth-order valence-electron chi connectivity index (χ4n) is 5.19. The van der Waals surface area contributed by atoms with Crippen LogP contribution in [0.5, 0.6) is 0 Å². The lowest BCUT2D eigenvalue weighted by molar-refractivity contribution is 0.193. The van der Waals surface area contributed by atoms with Crippen LogP contribution >= 0.6 is 0 Å². The lowest BCUT2D eigenvalue weighted by Crippen LogP contribution is -2.25. The Morgan fingerprint density at radius 3 is 3.03 bits per heavy atom. The highest BCUT2D eigenvalue weighted by atomic mass is 16.5. The van der Waals surface area contributed by atoms with Crippen molar-refractivity contribution in [3.63, 3.8) is 0 Å². The molecule has 1 N–H and O–H groups in total. The third-order valence-electron chi connectivity index (χ3n) is 6.79. The van der Waals surface area contributed by atoms with Crippen molar-refractivity contribution in [2.75, 3.05) is 18.5 Å². The number of ether oxygens (including phenoxy) is 1. The summed E-state index contributed by atoms with van der Waals surface area (Å²) in [6.45, 7) is 3.69. The van der Waals surface area contributed by atoms with E-state index in [1.165, 1.54) is 24.0 Å². The number of rotatable bonds is 3. The second-order valence-electron chi connectivity index (χ2n) is 8.69. The molecule has 0 amide bonds. The molecule has 29 heavy (non-hydrogen) atoms. The van der Waals surface area contributed by atoms with E-state index >= 15 is 0 Å². The zero-order chi connectivity index (χ0) is 19.4. The molecule has 1 aliphatic heterocycles. The van der Waals surface area contributed by atoms with Crippen LogP contribution in [0.3, 0.4) is 0 Å². The quantitative estimate of drug-likeness (QED) is 0.719. The molecule has 5 heteroatoms. The van der Waals surface area contributed by atoms with E-state index in [0.717, 1.165) is 55.2 Å². The van der Waals surface area contributed by atoms with Crippen molar-refractivity contribution in [2.45, 2.75) is 51.0 Å². The van der Waals surface area contributed by atoms with Gasteiger partial charge < -0.3 is 10.1 Å². The molecule has 3 aromatic rings. The molecule has 0 spiro atoms. The maximum atomic E-state index is 5.62. The van der Waals surface area contributed by atoms with Crippen LogP contribution in [0, 0.1) is 6.92 Å². The maximum Gasteiger partial charge on any atom is 0.160 e. The van der Waals surface area contributed by atoms with Crippen molar-refractivity contribution in [1.82, 2.24) is 14.6 Å². The predicted molar refractivity (Wildman–Crippen MR) is 114 cm³/mol. The van der Waals surface area contributed by atoms with E-state index in [0.29, 0.717) is 12.0 Å². The molecule has 0 radical (unpaired) electrons. The molecule has 148 valence electrons. The third kappa shape index (κ3) is 2.87.